The van der Waals surface area contributed by atoms with Gasteiger partial charge in [-0.15, -0.1) is 5.10 Å². The summed E-state index contributed by atoms with van der Waals surface area (Å²) in [5, 5.41) is 33.1. The molecule has 0 aliphatic carbocycles. The molecule has 12 heteroatoms. The molecule has 4 heterocycles. The van der Waals surface area contributed by atoms with Gasteiger partial charge in [0.1, 0.15) is 11.5 Å². The summed E-state index contributed by atoms with van der Waals surface area (Å²) >= 11 is 0. The summed E-state index contributed by atoms with van der Waals surface area (Å²) in [6, 6.07) is 22.0. The van der Waals surface area contributed by atoms with E-state index in [4.69, 9.17) is 0 Å². The molecule has 0 amide bonds. The number of benzene rings is 3. The highest BCUT2D eigenvalue weighted by Gasteiger charge is 2.59. The SMILES string of the molecule is CC(C)(C)C(O)c1ccc(N2CCN(c3ccc(-c4ccc(C(F)(F)[C@]5(O)Cn6nnnc6-c6cc(F)ccc65)nc4)cc3)CC2)cc1. The van der Waals surface area contributed by atoms with E-state index in [9.17, 15) is 14.6 Å². The summed E-state index contributed by atoms with van der Waals surface area (Å²) in [6.45, 7) is 8.81. The van der Waals surface area contributed by atoms with Gasteiger partial charge in [0.25, 0.3) is 0 Å². The molecule has 7 rings (SSSR count). The maximum absolute atomic E-state index is 16.1. The third-order valence-corrected chi connectivity index (χ3v) is 9.42. The Bertz CT molecular complexity index is 1920. The summed E-state index contributed by atoms with van der Waals surface area (Å²) in [6.07, 6.45) is 0.840. The topological polar surface area (TPSA) is 103 Å². The molecule has 1 saturated heterocycles. The Hall–Kier alpha value is -4.81. The van der Waals surface area contributed by atoms with Crippen LogP contribution in [0.1, 0.15) is 43.7 Å². The van der Waals surface area contributed by atoms with Crippen molar-refractivity contribution in [3.8, 4) is 22.5 Å². The maximum atomic E-state index is 16.1. The molecule has 0 bridgehead atoms. The molecule has 0 saturated carbocycles. The van der Waals surface area contributed by atoms with Crippen LogP contribution in [0.15, 0.2) is 85.1 Å². The van der Waals surface area contributed by atoms with E-state index in [0.29, 0.717) is 5.56 Å². The average molecular weight is 656 g/mol. The lowest BCUT2D eigenvalue weighted by atomic mass is 9.80. The zero-order valence-electron chi connectivity index (χ0n) is 26.9. The molecule has 5 aromatic rings. The van der Waals surface area contributed by atoms with Crippen LogP contribution in [0.4, 0.5) is 24.5 Å². The molecule has 2 atom stereocenters. The van der Waals surface area contributed by atoms with Gasteiger partial charge in [-0.1, -0.05) is 57.2 Å². The van der Waals surface area contributed by atoms with Crippen molar-refractivity contribution in [2.75, 3.05) is 36.0 Å². The highest BCUT2D eigenvalue weighted by Crippen LogP contribution is 2.50. The number of fused-ring (bicyclic) bond motifs is 3. The van der Waals surface area contributed by atoms with E-state index in [-0.39, 0.29) is 22.4 Å². The van der Waals surface area contributed by atoms with E-state index in [1.54, 1.807) is 6.07 Å². The lowest BCUT2D eigenvalue weighted by molar-refractivity contribution is -0.207. The predicted molar refractivity (Wildman–Crippen MR) is 176 cm³/mol. The number of pyridine rings is 1. The molecule has 0 radical (unpaired) electrons. The average Bonchev–Trinajstić information content (AvgIpc) is 3.56. The second-order valence-corrected chi connectivity index (χ2v) is 13.6. The van der Waals surface area contributed by atoms with Crippen molar-refractivity contribution < 1.29 is 23.4 Å². The van der Waals surface area contributed by atoms with Crippen molar-refractivity contribution in [3.05, 3.63) is 108 Å². The smallest absolute Gasteiger partial charge is 0.323 e. The van der Waals surface area contributed by atoms with E-state index in [0.717, 1.165) is 71.6 Å². The Morgan fingerprint density at radius 3 is 2.00 bits per heavy atom. The molecule has 9 nitrogen and oxygen atoms in total. The maximum Gasteiger partial charge on any atom is 0.323 e. The summed E-state index contributed by atoms with van der Waals surface area (Å²) in [5.74, 6) is -4.42. The van der Waals surface area contributed by atoms with Gasteiger partial charge in [-0.2, -0.15) is 8.78 Å². The van der Waals surface area contributed by atoms with E-state index < -0.39 is 35.7 Å². The Labute approximate surface area is 276 Å². The molecule has 1 fully saturated rings. The first kappa shape index (κ1) is 31.8. The van der Waals surface area contributed by atoms with Crippen LogP contribution in [0, 0.1) is 11.2 Å². The van der Waals surface area contributed by atoms with Crippen molar-refractivity contribution in [2.24, 2.45) is 5.41 Å². The number of tetrazole rings is 1. The van der Waals surface area contributed by atoms with E-state index in [1.165, 1.54) is 12.3 Å². The minimum absolute atomic E-state index is 0.00227. The largest absolute Gasteiger partial charge is 0.388 e. The van der Waals surface area contributed by atoms with Crippen LogP contribution in [-0.2, 0) is 18.1 Å². The third-order valence-electron chi connectivity index (χ3n) is 9.42. The van der Waals surface area contributed by atoms with Gasteiger partial charge < -0.3 is 20.0 Å². The van der Waals surface area contributed by atoms with Gasteiger partial charge >= 0.3 is 5.92 Å². The van der Waals surface area contributed by atoms with Crippen LogP contribution in [0.3, 0.4) is 0 Å². The molecule has 3 aromatic carbocycles. The quantitative estimate of drug-likeness (QED) is 0.232. The van der Waals surface area contributed by atoms with Gasteiger partial charge in [0.2, 0.25) is 0 Å². The number of halogens is 3. The molecule has 0 spiro atoms. The molecular weight excluding hydrogens is 619 g/mol. The van der Waals surface area contributed by atoms with Crippen LogP contribution >= 0.6 is 0 Å². The number of piperazine rings is 1. The fourth-order valence-electron chi connectivity index (χ4n) is 6.55. The lowest BCUT2D eigenvalue weighted by Crippen LogP contribution is -2.49. The van der Waals surface area contributed by atoms with Crippen LogP contribution < -0.4 is 9.80 Å². The van der Waals surface area contributed by atoms with Crippen molar-refractivity contribution in [2.45, 2.75) is 44.9 Å². The van der Waals surface area contributed by atoms with E-state index >= 15 is 8.78 Å². The zero-order valence-corrected chi connectivity index (χ0v) is 26.9. The molecular formula is C36H36F3N7O2. The number of hydrogen-bond acceptors (Lipinski definition) is 8. The van der Waals surface area contributed by atoms with Gasteiger partial charge in [-0.05, 0) is 69.4 Å². The van der Waals surface area contributed by atoms with Crippen LogP contribution in [-0.4, -0.2) is 61.6 Å². The molecule has 48 heavy (non-hydrogen) atoms. The Morgan fingerprint density at radius 1 is 0.812 bits per heavy atom. The number of nitrogens with zero attached hydrogens (tertiary/aromatic N) is 7. The van der Waals surface area contributed by atoms with Crippen molar-refractivity contribution in [1.82, 2.24) is 25.2 Å². The fraction of sp³-hybridized carbons (Fsp3) is 0.333. The minimum atomic E-state index is -3.86. The minimum Gasteiger partial charge on any atom is -0.388 e. The molecule has 2 N–H and O–H groups in total. The van der Waals surface area contributed by atoms with Crippen LogP contribution in [0.5, 0.6) is 0 Å². The number of aliphatic hydroxyl groups is 2. The zero-order chi connectivity index (χ0) is 33.8. The third kappa shape index (κ3) is 5.48. The van der Waals surface area contributed by atoms with Gasteiger partial charge in [-0.3, -0.25) is 4.98 Å². The van der Waals surface area contributed by atoms with E-state index in [1.807, 2.05) is 57.2 Å². The molecule has 2 aromatic heterocycles. The van der Waals surface area contributed by atoms with Gasteiger partial charge in [-0.25, -0.2) is 9.07 Å². The number of aromatic nitrogens is 5. The van der Waals surface area contributed by atoms with Gasteiger partial charge in [0, 0.05) is 60.4 Å². The lowest BCUT2D eigenvalue weighted by Gasteiger charge is -2.39. The Kier molecular flexibility index (Phi) is 7.75. The number of hydrogen-bond donors (Lipinski definition) is 2. The summed E-state index contributed by atoms with van der Waals surface area (Å²) < 4.78 is 47.4. The van der Waals surface area contributed by atoms with Crippen molar-refractivity contribution in [3.63, 3.8) is 0 Å². The van der Waals surface area contributed by atoms with Gasteiger partial charge in [0.15, 0.2) is 11.4 Å². The highest BCUT2D eigenvalue weighted by molar-refractivity contribution is 5.67. The van der Waals surface area contributed by atoms with Crippen molar-refractivity contribution >= 4 is 11.4 Å². The van der Waals surface area contributed by atoms with E-state index in [2.05, 4.69) is 42.4 Å². The van der Waals surface area contributed by atoms with Gasteiger partial charge in [0.05, 0.1) is 12.6 Å². The predicted octanol–water partition coefficient (Wildman–Crippen LogP) is 5.94. The molecule has 248 valence electrons. The molecule has 1 unspecified atom stereocenters. The number of anilines is 2. The number of rotatable bonds is 6. The summed E-state index contributed by atoms with van der Waals surface area (Å²) in [5.41, 5.74) is 0.768. The first-order chi connectivity index (χ1) is 22.8. The Balaban J connectivity index is 1.03. The second kappa shape index (κ2) is 11.7. The normalized spacial score (nSPS) is 18.8. The first-order valence-electron chi connectivity index (χ1n) is 15.9. The number of aliphatic hydroxyl groups excluding tert-OH is 1. The first-order valence-corrected chi connectivity index (χ1v) is 15.9. The van der Waals surface area contributed by atoms with Crippen molar-refractivity contribution in [1.29, 1.82) is 0 Å². The fourth-order valence-corrected chi connectivity index (χ4v) is 6.55. The number of alkyl halides is 2. The monoisotopic (exact) mass is 655 g/mol. The molecule has 2 aliphatic heterocycles. The summed E-state index contributed by atoms with van der Waals surface area (Å²) in [4.78, 5) is 8.73. The molecule has 2 aliphatic rings. The Morgan fingerprint density at radius 2 is 1.42 bits per heavy atom. The second-order valence-electron chi connectivity index (χ2n) is 13.6. The standard InChI is InChI=1S/C36H36F3N7O2/c1-34(2,3)32(47)24-6-12-28(13-7-24)45-18-16-44(17-19-45)27-10-4-23(5-11-27)25-8-15-31(40-21-25)36(38,39)35(48)22-46-33(41-42-43-46)29-20-26(37)9-14-30(29)35/h4-15,20-21,32,47-48H,16-19,22H2,1-3H3/t32?,35-/m0/s1. The van der Waals surface area contributed by atoms with Crippen LogP contribution in [0.2, 0.25) is 0 Å². The van der Waals surface area contributed by atoms with Crippen LogP contribution in [0.25, 0.3) is 22.5 Å². The summed E-state index contributed by atoms with van der Waals surface area (Å²) in [7, 11) is 0. The highest BCUT2D eigenvalue weighted by atomic mass is 19.3.